The van der Waals surface area contributed by atoms with Crippen molar-refractivity contribution in [2.45, 2.75) is 0 Å². The molecule has 0 saturated carbocycles. The molecule has 3 aliphatic carbocycles. The molecule has 6 aromatic rings. The van der Waals surface area contributed by atoms with Crippen LogP contribution in [0.15, 0.2) is 164 Å². The van der Waals surface area contributed by atoms with Crippen molar-refractivity contribution >= 4 is 51.5 Å². The van der Waals surface area contributed by atoms with Gasteiger partial charge in [0.1, 0.15) is 34.5 Å². The molecule has 0 atom stereocenters. The lowest BCUT2D eigenvalue weighted by Gasteiger charge is -2.27. The fraction of sp³-hybridized carbons (Fsp3) is 0. The van der Waals surface area contributed by atoms with Gasteiger partial charge in [-0.15, -0.1) is 0 Å². The lowest BCUT2D eigenvalue weighted by molar-refractivity contribution is 0.103. The molecule has 1 fully saturated rings. The number of hydrogen-bond donors (Lipinski definition) is 3. The second kappa shape index (κ2) is 13.7. The molecule has 0 radical (unpaired) electrons. The highest BCUT2D eigenvalue weighted by atomic mass is 16.1. The van der Waals surface area contributed by atoms with E-state index in [0.717, 1.165) is 82.2 Å². The zero-order valence-corrected chi connectivity index (χ0v) is 30.2. The quantitative estimate of drug-likeness (QED) is 0.215. The van der Waals surface area contributed by atoms with Gasteiger partial charge in [-0.2, -0.15) is 0 Å². The highest BCUT2D eigenvalue weighted by Gasteiger charge is 2.21. The van der Waals surface area contributed by atoms with Gasteiger partial charge >= 0.3 is 0 Å². The third-order valence-electron chi connectivity index (χ3n) is 10.4. The summed E-state index contributed by atoms with van der Waals surface area (Å²) in [5.74, 6) is 2.00. The predicted octanol–water partition coefficient (Wildman–Crippen LogP) is 2.11. The number of carbonyl (C=O) groups is 3. The molecular weight excluding hydrogens is 709 g/mol. The highest BCUT2D eigenvalue weighted by Crippen LogP contribution is 2.24. The first kappa shape index (κ1) is 33.5. The summed E-state index contributed by atoms with van der Waals surface area (Å²) in [6.07, 6.45) is 15.2. The van der Waals surface area contributed by atoms with Gasteiger partial charge in [0.15, 0.2) is 0 Å². The van der Waals surface area contributed by atoms with Gasteiger partial charge in [0.05, 0.1) is 0 Å². The number of rotatable bonds is 0. The molecule has 1 saturated heterocycles. The van der Waals surface area contributed by atoms with Crippen molar-refractivity contribution in [2.75, 3.05) is 0 Å². The van der Waals surface area contributed by atoms with Crippen molar-refractivity contribution in [2.24, 2.45) is 0 Å². The predicted molar refractivity (Wildman–Crippen MR) is 217 cm³/mol. The van der Waals surface area contributed by atoms with E-state index in [-0.39, 0.29) is 17.3 Å². The molecule has 9 nitrogen and oxygen atoms in total. The number of hydrogen-bond acceptors (Lipinski definition) is 9. The zero-order valence-electron chi connectivity index (χ0n) is 30.2. The van der Waals surface area contributed by atoms with Crippen molar-refractivity contribution in [3.05, 3.63) is 229 Å². The Bertz CT molecular complexity index is 2850. The van der Waals surface area contributed by atoms with Crippen LogP contribution >= 0.6 is 0 Å². The lowest BCUT2D eigenvalue weighted by Crippen LogP contribution is -2.47. The first-order chi connectivity index (χ1) is 28.0. The smallest absolute Gasteiger partial charge is 0.204 e. The van der Waals surface area contributed by atoms with Gasteiger partial charge in [-0.1, -0.05) is 91.0 Å². The minimum absolute atomic E-state index is 0.103. The Hall–Kier alpha value is -8.04. The summed E-state index contributed by atoms with van der Waals surface area (Å²) in [5.41, 5.74) is 6.57. The summed E-state index contributed by atoms with van der Waals surface area (Å²) in [5, 5.41) is 16.4. The van der Waals surface area contributed by atoms with Crippen molar-refractivity contribution < 1.29 is 14.4 Å². The summed E-state index contributed by atoms with van der Waals surface area (Å²) < 4.78 is 0. The van der Waals surface area contributed by atoms with Gasteiger partial charge in [-0.25, -0.2) is 0 Å². The Kier molecular flexibility index (Phi) is 8.04. The minimum Gasteiger partial charge on any atom is -0.327 e. The maximum atomic E-state index is 12.5. The molecule has 0 unspecified atom stereocenters. The monoisotopic (exact) mass is 738 g/mol. The number of fused-ring (bicyclic) bond motifs is 3. The van der Waals surface area contributed by atoms with Gasteiger partial charge in [-0.05, 0) is 87.0 Å². The van der Waals surface area contributed by atoms with E-state index in [1.165, 1.54) is 0 Å². The van der Waals surface area contributed by atoms with Crippen LogP contribution in [0.4, 0.5) is 0 Å². The summed E-state index contributed by atoms with van der Waals surface area (Å²) in [7, 11) is 0. The number of nitrogens with zero attached hydrogens (tertiary/aromatic N) is 3. The van der Waals surface area contributed by atoms with Gasteiger partial charge in [0.2, 0.25) is 17.3 Å². The van der Waals surface area contributed by atoms with E-state index in [0.29, 0.717) is 17.1 Å². The number of pyridine rings is 3. The average Bonchev–Trinajstić information content (AvgIpc) is 3.27. The van der Waals surface area contributed by atoms with E-state index in [4.69, 9.17) is 0 Å². The molecule has 1 aliphatic heterocycles. The Labute approximate surface area is 325 Å². The van der Waals surface area contributed by atoms with Crippen LogP contribution in [-0.4, -0.2) is 32.3 Å². The maximum Gasteiger partial charge on any atom is 0.204 e. The molecule has 10 rings (SSSR count). The number of allylic oxidation sites excluding steroid dienone is 6. The minimum atomic E-state index is -0.103. The lowest BCUT2D eigenvalue weighted by atomic mass is 9.94. The fourth-order valence-corrected chi connectivity index (χ4v) is 7.55. The van der Waals surface area contributed by atoms with Crippen LogP contribution < -0.4 is 47.3 Å². The van der Waals surface area contributed by atoms with Crippen LogP contribution in [0.5, 0.6) is 0 Å². The van der Waals surface area contributed by atoms with Crippen LogP contribution in [-0.2, 0) is 0 Å². The summed E-state index contributed by atoms with van der Waals surface area (Å²) >= 11 is 0. The molecule has 57 heavy (non-hydrogen) atoms. The van der Waals surface area contributed by atoms with Crippen LogP contribution in [0.3, 0.4) is 0 Å². The van der Waals surface area contributed by atoms with Crippen LogP contribution in [0.25, 0.3) is 34.2 Å². The second-order valence-electron chi connectivity index (χ2n) is 13.8. The second-order valence-corrected chi connectivity index (χ2v) is 13.8. The van der Waals surface area contributed by atoms with E-state index in [2.05, 4.69) is 30.9 Å². The van der Waals surface area contributed by atoms with E-state index in [9.17, 15) is 14.4 Å². The zero-order chi connectivity index (χ0) is 38.5. The van der Waals surface area contributed by atoms with Crippen LogP contribution in [0.2, 0.25) is 0 Å². The van der Waals surface area contributed by atoms with Crippen molar-refractivity contribution in [1.82, 2.24) is 30.9 Å². The van der Waals surface area contributed by atoms with Gasteiger partial charge in [0.25, 0.3) is 0 Å². The van der Waals surface area contributed by atoms with Gasteiger partial charge in [0, 0.05) is 50.9 Å². The summed E-state index contributed by atoms with van der Waals surface area (Å²) in [4.78, 5) is 50.5. The van der Waals surface area contributed by atoms with E-state index >= 15 is 0 Å². The van der Waals surface area contributed by atoms with Gasteiger partial charge in [-0.3, -0.25) is 29.3 Å². The molecule has 4 heterocycles. The number of carbonyl (C=O) groups excluding carboxylic acids is 3. The van der Waals surface area contributed by atoms with Crippen molar-refractivity contribution in [1.29, 1.82) is 0 Å². The standard InChI is InChI=1S/C48H30N6O3/c55-40-22-19-34(37-4-1-25-49-43(37)40)28-7-13-31(14-8-28)46-52-47(32-15-9-29(10-16-32)35-20-23-41(56)44-38(35)5-2-26-50-44)54-48(53-46)33-17-11-30(12-18-33)36-21-24-42(57)45-39(36)6-3-27-51-45/h1-27,52-54H. The molecule has 0 bridgehead atoms. The molecule has 0 amide bonds. The van der Waals surface area contributed by atoms with Crippen LogP contribution in [0.1, 0.15) is 48.2 Å². The van der Waals surface area contributed by atoms with Crippen LogP contribution in [0, 0.1) is 0 Å². The number of nitrogens with one attached hydrogen (secondary N) is 3. The topological polar surface area (TPSA) is 126 Å². The Morgan fingerprint density at radius 2 is 0.579 bits per heavy atom. The average molecular weight is 739 g/mol. The summed E-state index contributed by atoms with van der Waals surface area (Å²) in [6.45, 7) is 0. The van der Waals surface area contributed by atoms with E-state index < -0.39 is 0 Å². The fourth-order valence-electron chi connectivity index (χ4n) is 7.55. The molecule has 3 N–H and O–H groups in total. The largest absolute Gasteiger partial charge is 0.327 e. The Balaban J connectivity index is 1.12. The number of aromatic nitrogens is 3. The third-order valence-corrected chi connectivity index (χ3v) is 10.4. The van der Waals surface area contributed by atoms with E-state index in [1.807, 2.05) is 127 Å². The normalized spacial score (nSPS) is 15.5. The highest BCUT2D eigenvalue weighted by molar-refractivity contribution is 6.12. The molecular formula is C48H30N6O3. The van der Waals surface area contributed by atoms with Crippen molar-refractivity contribution in [3.63, 3.8) is 0 Å². The molecule has 0 spiro atoms. The number of benzene rings is 3. The molecule has 9 heteroatoms. The first-order valence-corrected chi connectivity index (χ1v) is 18.4. The number of ketones is 3. The maximum absolute atomic E-state index is 12.5. The Morgan fingerprint density at radius 3 is 0.860 bits per heavy atom. The Morgan fingerprint density at radius 1 is 0.316 bits per heavy atom. The summed E-state index contributed by atoms with van der Waals surface area (Å²) in [6, 6.07) is 35.8. The first-order valence-electron chi connectivity index (χ1n) is 18.4. The molecule has 3 aromatic heterocycles. The third kappa shape index (κ3) is 6.00. The molecule has 4 aliphatic rings. The van der Waals surface area contributed by atoms with Crippen molar-refractivity contribution in [3.8, 4) is 0 Å². The molecule has 270 valence electrons. The SMILES string of the molecule is O=C1C=CC(=c2ccc(=C3NC(=c4ccc(=C5C=CC(=O)c6ncccc65)cc4)NC(=c4ccc(=C5C=CC(=O)c6ncccc65)cc4)N3)cc2)c2cccnc21. The van der Waals surface area contributed by atoms with E-state index in [1.54, 1.807) is 36.8 Å². The van der Waals surface area contributed by atoms with Gasteiger partial charge < -0.3 is 16.0 Å². The molecule has 3 aromatic carbocycles.